The van der Waals surface area contributed by atoms with Gasteiger partial charge in [-0.2, -0.15) is 0 Å². The quantitative estimate of drug-likeness (QED) is 0.612. The van der Waals surface area contributed by atoms with Crippen LogP contribution in [-0.2, 0) is 14.3 Å². The molecule has 1 aromatic rings. The van der Waals surface area contributed by atoms with Gasteiger partial charge >= 0.3 is 12.1 Å². The molecule has 1 atom stereocenters. The summed E-state index contributed by atoms with van der Waals surface area (Å²) in [6.07, 6.45) is 2.27. The van der Waals surface area contributed by atoms with Gasteiger partial charge in [-0.15, -0.1) is 0 Å². The van der Waals surface area contributed by atoms with Crippen LogP contribution in [0.25, 0.3) is 0 Å². The first-order chi connectivity index (χ1) is 10.5. The summed E-state index contributed by atoms with van der Waals surface area (Å²) in [5, 5.41) is 2.79. The molecule has 1 aromatic carbocycles. The van der Waals surface area contributed by atoms with Gasteiger partial charge in [-0.05, 0) is 31.0 Å². The number of esters is 1. The van der Waals surface area contributed by atoms with Crippen LogP contribution in [0.5, 0.6) is 0 Å². The lowest BCUT2D eigenvalue weighted by Gasteiger charge is -2.19. The van der Waals surface area contributed by atoms with Crippen molar-refractivity contribution in [2.45, 2.75) is 25.8 Å². The fourth-order valence-corrected chi connectivity index (χ4v) is 2.19. The molecule has 0 heterocycles. The van der Waals surface area contributed by atoms with Gasteiger partial charge in [0.05, 0.1) is 20.3 Å². The molecule has 1 unspecified atom stereocenters. The van der Waals surface area contributed by atoms with Gasteiger partial charge in [-0.25, -0.2) is 4.79 Å². The van der Waals surface area contributed by atoms with Crippen LogP contribution >= 0.6 is 15.9 Å². The summed E-state index contributed by atoms with van der Waals surface area (Å²) in [5.74, 6) is -0.259. The summed E-state index contributed by atoms with van der Waals surface area (Å²) in [4.78, 5) is 22.7. The monoisotopic (exact) mass is 369 g/mol. The van der Waals surface area contributed by atoms with Crippen LogP contribution in [0.4, 0.5) is 4.79 Å². The smallest absolute Gasteiger partial charge is 0.407 e. The van der Waals surface area contributed by atoms with Crippen LogP contribution in [0.1, 0.15) is 31.4 Å². The second-order valence-electron chi connectivity index (χ2n) is 4.68. The molecule has 0 bridgehead atoms. The average molecular weight is 370 g/mol. The molecule has 0 saturated heterocycles. The van der Waals surface area contributed by atoms with E-state index in [1.54, 1.807) is 0 Å². The largest absolute Gasteiger partial charge is 0.469 e. The molecule has 1 rings (SSSR count). The molecule has 0 spiro atoms. The molecular formula is C16H20BrNO4. The summed E-state index contributed by atoms with van der Waals surface area (Å²) in [7, 11) is 2.69. The van der Waals surface area contributed by atoms with E-state index in [9.17, 15) is 9.59 Å². The number of allylic oxidation sites excluding steroid dienone is 1. The Bertz CT molecular complexity index is 540. The number of alkyl carbamates (subject to hydrolysis) is 1. The van der Waals surface area contributed by atoms with Crippen LogP contribution in [0.3, 0.4) is 0 Å². The molecule has 0 aliphatic rings. The Balaban J connectivity index is 2.89. The number of amides is 1. The second kappa shape index (κ2) is 9.25. The second-order valence-corrected chi connectivity index (χ2v) is 5.60. The first kappa shape index (κ1) is 18.2. The highest BCUT2D eigenvalue weighted by Crippen LogP contribution is 2.24. The van der Waals surface area contributed by atoms with Crippen molar-refractivity contribution in [2.75, 3.05) is 14.2 Å². The number of rotatable bonds is 6. The van der Waals surface area contributed by atoms with E-state index in [4.69, 9.17) is 0 Å². The highest BCUT2D eigenvalue weighted by molar-refractivity contribution is 9.10. The van der Waals surface area contributed by atoms with Crippen molar-refractivity contribution >= 4 is 28.0 Å². The maximum atomic E-state index is 11.6. The van der Waals surface area contributed by atoms with Crippen molar-refractivity contribution in [2.24, 2.45) is 0 Å². The van der Waals surface area contributed by atoms with E-state index in [1.807, 2.05) is 37.3 Å². The number of hydrogen-bond acceptors (Lipinski definition) is 4. The third kappa shape index (κ3) is 5.89. The topological polar surface area (TPSA) is 64.6 Å². The van der Waals surface area contributed by atoms with Gasteiger partial charge in [0.25, 0.3) is 0 Å². The van der Waals surface area contributed by atoms with Crippen molar-refractivity contribution in [3.05, 3.63) is 46.0 Å². The molecular weight excluding hydrogens is 350 g/mol. The maximum Gasteiger partial charge on any atom is 0.407 e. The fraction of sp³-hybridized carbons (Fsp3) is 0.375. The van der Waals surface area contributed by atoms with Crippen LogP contribution in [0.2, 0.25) is 0 Å². The molecule has 0 fully saturated rings. The highest BCUT2D eigenvalue weighted by atomic mass is 79.9. The van der Waals surface area contributed by atoms with Crippen LogP contribution in [0.15, 0.2) is 40.4 Å². The normalized spacial score (nSPS) is 12.5. The van der Waals surface area contributed by atoms with Gasteiger partial charge < -0.3 is 14.8 Å². The molecule has 6 heteroatoms. The molecule has 1 amide bonds. The van der Waals surface area contributed by atoms with Crippen molar-refractivity contribution in [1.29, 1.82) is 0 Å². The van der Waals surface area contributed by atoms with Gasteiger partial charge in [0.2, 0.25) is 0 Å². The molecule has 120 valence electrons. The van der Waals surface area contributed by atoms with Crippen molar-refractivity contribution in [1.82, 2.24) is 5.32 Å². The zero-order chi connectivity index (χ0) is 16.5. The third-order valence-electron chi connectivity index (χ3n) is 3.15. The Kier molecular flexibility index (Phi) is 7.66. The zero-order valence-corrected chi connectivity index (χ0v) is 14.5. The number of ether oxygens (including phenoxy) is 2. The van der Waals surface area contributed by atoms with E-state index in [-0.39, 0.29) is 12.0 Å². The number of nitrogens with one attached hydrogen (secondary N) is 1. The molecule has 0 radical (unpaired) electrons. The molecule has 0 aliphatic carbocycles. The van der Waals surface area contributed by atoms with E-state index in [0.717, 1.165) is 15.6 Å². The van der Waals surface area contributed by atoms with Crippen LogP contribution in [0, 0.1) is 0 Å². The van der Waals surface area contributed by atoms with Gasteiger partial charge in [0.15, 0.2) is 0 Å². The minimum absolute atomic E-state index is 0.259. The predicted octanol–water partition coefficient (Wildman–Crippen LogP) is 3.75. The fourth-order valence-electron chi connectivity index (χ4n) is 1.93. The maximum absolute atomic E-state index is 11.6. The lowest BCUT2D eigenvalue weighted by molar-refractivity contribution is -0.140. The standard InChI is InChI=1S/C16H20BrNO4/c1-11(5-4-6-14(19)21-2)15(18-16(20)22-3)12-7-9-13(17)10-8-12/h5,7-10,15H,4,6H2,1-3H3,(H,18,20)/b11-5+. The van der Waals surface area contributed by atoms with Crippen molar-refractivity contribution < 1.29 is 19.1 Å². The van der Waals surface area contributed by atoms with Crippen molar-refractivity contribution in [3.8, 4) is 0 Å². The molecule has 5 nitrogen and oxygen atoms in total. The van der Waals surface area contributed by atoms with Gasteiger partial charge in [-0.1, -0.05) is 39.7 Å². The van der Waals surface area contributed by atoms with E-state index in [1.165, 1.54) is 14.2 Å². The van der Waals surface area contributed by atoms with Gasteiger partial charge in [0, 0.05) is 10.9 Å². The lowest BCUT2D eigenvalue weighted by Crippen LogP contribution is -2.29. The minimum Gasteiger partial charge on any atom is -0.469 e. The molecule has 0 aromatic heterocycles. The average Bonchev–Trinajstić information content (AvgIpc) is 2.52. The number of methoxy groups -OCH3 is 2. The molecule has 22 heavy (non-hydrogen) atoms. The summed E-state index contributed by atoms with van der Waals surface area (Å²) < 4.78 is 10.2. The molecule has 0 aliphatic heterocycles. The Morgan fingerprint density at radius 3 is 2.41 bits per heavy atom. The van der Waals surface area contributed by atoms with Gasteiger partial charge in [-0.3, -0.25) is 4.79 Å². The summed E-state index contributed by atoms with van der Waals surface area (Å²) in [6.45, 7) is 1.90. The van der Waals surface area contributed by atoms with E-state index in [2.05, 4.69) is 30.7 Å². The highest BCUT2D eigenvalue weighted by Gasteiger charge is 2.16. The summed E-state index contributed by atoms with van der Waals surface area (Å²) in [5.41, 5.74) is 1.86. The lowest BCUT2D eigenvalue weighted by atomic mass is 9.99. The van der Waals surface area contributed by atoms with Crippen LogP contribution < -0.4 is 5.32 Å². The Morgan fingerprint density at radius 1 is 1.23 bits per heavy atom. The predicted molar refractivity (Wildman–Crippen MR) is 87.4 cm³/mol. The third-order valence-corrected chi connectivity index (χ3v) is 3.68. The zero-order valence-electron chi connectivity index (χ0n) is 12.9. The van der Waals surface area contributed by atoms with E-state index in [0.29, 0.717) is 12.8 Å². The molecule has 0 saturated carbocycles. The van der Waals surface area contributed by atoms with E-state index < -0.39 is 6.09 Å². The Labute approximate surface area is 138 Å². The Morgan fingerprint density at radius 2 is 1.86 bits per heavy atom. The number of hydrogen-bond donors (Lipinski definition) is 1. The molecule has 1 N–H and O–H groups in total. The Hall–Kier alpha value is -1.82. The minimum atomic E-state index is -0.506. The number of carbonyl (C=O) groups excluding carboxylic acids is 2. The first-order valence-corrected chi connectivity index (χ1v) is 7.60. The number of carbonyl (C=O) groups is 2. The van der Waals surface area contributed by atoms with Crippen molar-refractivity contribution in [3.63, 3.8) is 0 Å². The summed E-state index contributed by atoms with van der Waals surface area (Å²) in [6, 6.07) is 7.34. The SMILES string of the molecule is COC(=O)CC/C=C(\C)C(NC(=O)OC)c1ccc(Br)cc1. The number of benzene rings is 1. The van der Waals surface area contributed by atoms with Gasteiger partial charge in [0.1, 0.15) is 0 Å². The van der Waals surface area contributed by atoms with E-state index >= 15 is 0 Å². The first-order valence-electron chi connectivity index (χ1n) is 6.81. The van der Waals surface area contributed by atoms with Crippen LogP contribution in [-0.4, -0.2) is 26.3 Å². The number of halogens is 1. The summed E-state index contributed by atoms with van der Waals surface area (Å²) >= 11 is 3.38.